The van der Waals surface area contributed by atoms with Crippen LogP contribution >= 0.6 is 0 Å². The van der Waals surface area contributed by atoms with Crippen LogP contribution < -0.4 is 0 Å². The van der Waals surface area contributed by atoms with Crippen LogP contribution in [-0.2, 0) is 0 Å². The van der Waals surface area contributed by atoms with E-state index < -0.39 is 0 Å². The number of fused-ring (bicyclic) bond motifs is 1. The molecule has 0 saturated heterocycles. The zero-order valence-electron chi connectivity index (χ0n) is 12.3. The molecule has 20 heavy (non-hydrogen) atoms. The molecule has 2 unspecified atom stereocenters. The summed E-state index contributed by atoms with van der Waals surface area (Å²) in [6.45, 7) is 12.0. The van der Waals surface area contributed by atoms with E-state index in [1.165, 1.54) is 22.3 Å². The minimum Gasteiger partial charge on any atom is -0.0988 e. The van der Waals surface area contributed by atoms with Gasteiger partial charge in [0.05, 0.1) is 0 Å². The molecule has 0 bridgehead atoms. The van der Waals surface area contributed by atoms with E-state index in [4.69, 9.17) is 0 Å². The maximum absolute atomic E-state index is 3.94. The highest BCUT2D eigenvalue weighted by Crippen LogP contribution is 2.41. The molecule has 0 heterocycles. The fourth-order valence-electron chi connectivity index (χ4n) is 2.94. The largest absolute Gasteiger partial charge is 0.0988 e. The Bertz CT molecular complexity index is 586. The van der Waals surface area contributed by atoms with Crippen molar-refractivity contribution in [3.05, 3.63) is 96.2 Å². The van der Waals surface area contributed by atoms with Gasteiger partial charge in [0, 0.05) is 11.8 Å². The lowest BCUT2D eigenvalue weighted by molar-refractivity contribution is 0.611. The number of hydrogen-bond acceptors (Lipinski definition) is 0. The molecule has 0 aromatic carbocycles. The third-order valence-corrected chi connectivity index (χ3v) is 3.88. The van der Waals surface area contributed by atoms with Crippen LogP contribution in [0.15, 0.2) is 96.2 Å². The molecule has 0 heteroatoms. The van der Waals surface area contributed by atoms with E-state index in [2.05, 4.69) is 75.6 Å². The maximum Gasteiger partial charge on any atom is 0.0131 e. The van der Waals surface area contributed by atoms with Crippen molar-refractivity contribution in [2.45, 2.75) is 13.8 Å². The van der Waals surface area contributed by atoms with Crippen LogP contribution in [0.4, 0.5) is 0 Å². The van der Waals surface area contributed by atoms with Gasteiger partial charge in [0.25, 0.3) is 0 Å². The van der Waals surface area contributed by atoms with Gasteiger partial charge in [-0.15, -0.1) is 0 Å². The second kappa shape index (κ2) is 6.38. The highest BCUT2D eigenvalue weighted by molar-refractivity contribution is 5.60. The Morgan fingerprint density at radius 2 is 1.85 bits per heavy atom. The molecule has 0 N–H and O–H groups in total. The minimum absolute atomic E-state index is 0.375. The van der Waals surface area contributed by atoms with Gasteiger partial charge in [-0.25, -0.2) is 0 Å². The van der Waals surface area contributed by atoms with Crippen LogP contribution in [0.3, 0.4) is 0 Å². The molecule has 0 amide bonds. The molecule has 102 valence electrons. The molecule has 2 aliphatic carbocycles. The number of hydrogen-bond donors (Lipinski definition) is 0. The molecule has 0 fully saturated rings. The van der Waals surface area contributed by atoms with Gasteiger partial charge in [-0.1, -0.05) is 73.9 Å². The van der Waals surface area contributed by atoms with Gasteiger partial charge in [0.15, 0.2) is 0 Å². The summed E-state index contributed by atoms with van der Waals surface area (Å²) in [6, 6.07) is 0. The third kappa shape index (κ3) is 2.46. The Kier molecular flexibility index (Phi) is 4.57. The van der Waals surface area contributed by atoms with Crippen LogP contribution in [0.25, 0.3) is 0 Å². The van der Waals surface area contributed by atoms with Crippen LogP contribution in [0, 0.1) is 11.8 Å². The predicted molar refractivity (Wildman–Crippen MR) is 89.3 cm³/mol. The molecule has 2 atom stereocenters. The lowest BCUT2D eigenvalue weighted by Crippen LogP contribution is -2.21. The summed E-state index contributed by atoms with van der Waals surface area (Å²) >= 11 is 0. The summed E-state index contributed by atoms with van der Waals surface area (Å²) in [6.07, 6.45) is 21.4. The quantitative estimate of drug-likeness (QED) is 0.589. The minimum atomic E-state index is 0.375. The lowest BCUT2D eigenvalue weighted by Gasteiger charge is -2.32. The van der Waals surface area contributed by atoms with Crippen LogP contribution in [0.2, 0.25) is 0 Å². The van der Waals surface area contributed by atoms with E-state index in [1.807, 2.05) is 12.2 Å². The molecule has 2 aliphatic rings. The Hall–Kier alpha value is -2.08. The van der Waals surface area contributed by atoms with Gasteiger partial charge in [0.2, 0.25) is 0 Å². The van der Waals surface area contributed by atoms with Crippen LogP contribution in [-0.4, -0.2) is 0 Å². The first-order chi connectivity index (χ1) is 9.76. The topological polar surface area (TPSA) is 0 Å². The van der Waals surface area contributed by atoms with Crippen LogP contribution in [0.1, 0.15) is 13.8 Å². The standard InChI is InChI=1S/C20H22/c1-5-9-17-15(7-3)11-14-20-18(10-6-2)16(8-4)12-13-19(17)20/h5-14,17,19H,3-4H2,1-2H3/b9-5-,10-6-. The second-order valence-electron chi connectivity index (χ2n) is 5.00. The van der Waals surface area contributed by atoms with E-state index in [9.17, 15) is 0 Å². The predicted octanol–water partition coefficient (Wildman–Crippen LogP) is 5.48. The van der Waals surface area contributed by atoms with Gasteiger partial charge >= 0.3 is 0 Å². The fourth-order valence-corrected chi connectivity index (χ4v) is 2.94. The summed E-state index contributed by atoms with van der Waals surface area (Å²) < 4.78 is 0. The molecule has 0 aliphatic heterocycles. The van der Waals surface area contributed by atoms with Gasteiger partial charge in [-0.05, 0) is 36.1 Å². The van der Waals surface area contributed by atoms with Crippen LogP contribution in [0.5, 0.6) is 0 Å². The molecule has 0 saturated carbocycles. The monoisotopic (exact) mass is 262 g/mol. The van der Waals surface area contributed by atoms with Crippen molar-refractivity contribution in [2.24, 2.45) is 11.8 Å². The molecule has 0 radical (unpaired) electrons. The first kappa shape index (κ1) is 14.3. The zero-order valence-corrected chi connectivity index (χ0v) is 12.3. The van der Waals surface area contributed by atoms with Crippen molar-refractivity contribution in [1.82, 2.24) is 0 Å². The van der Waals surface area contributed by atoms with Gasteiger partial charge < -0.3 is 0 Å². The zero-order chi connectivity index (χ0) is 14.5. The highest BCUT2D eigenvalue weighted by Gasteiger charge is 2.29. The summed E-state index contributed by atoms with van der Waals surface area (Å²) in [5, 5.41) is 0. The average Bonchev–Trinajstić information content (AvgIpc) is 2.48. The van der Waals surface area contributed by atoms with E-state index in [1.54, 1.807) is 0 Å². The Labute approximate surface area is 122 Å². The third-order valence-electron chi connectivity index (χ3n) is 3.88. The summed E-state index contributed by atoms with van der Waals surface area (Å²) in [5.41, 5.74) is 5.13. The van der Waals surface area contributed by atoms with Gasteiger partial charge in [0.1, 0.15) is 0 Å². The van der Waals surface area contributed by atoms with E-state index in [-0.39, 0.29) is 0 Å². The molecule has 0 aromatic rings. The second-order valence-corrected chi connectivity index (χ2v) is 5.00. The van der Waals surface area contributed by atoms with Gasteiger partial charge in [-0.2, -0.15) is 0 Å². The van der Waals surface area contributed by atoms with Crippen molar-refractivity contribution < 1.29 is 0 Å². The molecule has 2 rings (SSSR count). The maximum atomic E-state index is 3.94. The summed E-state index contributed by atoms with van der Waals surface area (Å²) in [4.78, 5) is 0. The molecule has 0 nitrogen and oxygen atoms in total. The molecular weight excluding hydrogens is 240 g/mol. The molecule has 0 spiro atoms. The van der Waals surface area contributed by atoms with Crippen molar-refractivity contribution in [3.63, 3.8) is 0 Å². The first-order valence-electron chi connectivity index (χ1n) is 7.11. The Morgan fingerprint density at radius 3 is 2.45 bits per heavy atom. The Balaban J connectivity index is 2.56. The average molecular weight is 262 g/mol. The number of rotatable bonds is 4. The summed E-state index contributed by atoms with van der Waals surface area (Å²) in [7, 11) is 0. The number of allylic oxidation sites excluding steroid dienone is 14. The SMILES string of the molecule is C=CC1=CC=C2C(/C=C\C)=C(C=C)C=CC2C1/C=C\C. The Morgan fingerprint density at radius 1 is 1.05 bits per heavy atom. The van der Waals surface area contributed by atoms with Gasteiger partial charge in [-0.3, -0.25) is 0 Å². The first-order valence-corrected chi connectivity index (χ1v) is 7.11. The molecule has 0 aromatic heterocycles. The summed E-state index contributed by atoms with van der Waals surface area (Å²) in [5.74, 6) is 0.763. The smallest absolute Gasteiger partial charge is 0.0131 e. The lowest BCUT2D eigenvalue weighted by atomic mass is 9.71. The van der Waals surface area contributed by atoms with E-state index in [0.29, 0.717) is 11.8 Å². The van der Waals surface area contributed by atoms with Crippen molar-refractivity contribution in [2.75, 3.05) is 0 Å². The van der Waals surface area contributed by atoms with E-state index in [0.717, 1.165) is 0 Å². The normalized spacial score (nSPS) is 25.7. The highest BCUT2D eigenvalue weighted by atomic mass is 14.3. The fraction of sp³-hybridized carbons (Fsp3) is 0.200. The van der Waals surface area contributed by atoms with Crippen molar-refractivity contribution >= 4 is 0 Å². The van der Waals surface area contributed by atoms with Crippen molar-refractivity contribution in [1.29, 1.82) is 0 Å². The van der Waals surface area contributed by atoms with Crippen molar-refractivity contribution in [3.8, 4) is 0 Å². The molecular formula is C20H22. The van der Waals surface area contributed by atoms with E-state index >= 15 is 0 Å².